The summed E-state index contributed by atoms with van der Waals surface area (Å²) in [7, 11) is -1.83. The van der Waals surface area contributed by atoms with Crippen LogP contribution >= 0.6 is 11.8 Å². The fraction of sp³-hybridized carbons (Fsp3) is 0.190. The molecule has 0 spiro atoms. The molecule has 0 amide bonds. The third-order valence-corrected chi connectivity index (χ3v) is 7.50. The molecule has 2 aromatic carbocycles. The topological polar surface area (TPSA) is 97.7 Å². The molecule has 0 aliphatic heterocycles. The summed E-state index contributed by atoms with van der Waals surface area (Å²) in [6.45, 7) is 1.90. The van der Waals surface area contributed by atoms with Crippen molar-refractivity contribution >= 4 is 38.3 Å². The second kappa shape index (κ2) is 8.08. The Kier molecular flexibility index (Phi) is 5.48. The summed E-state index contributed by atoms with van der Waals surface area (Å²) in [4.78, 5) is 16.0. The smallest absolute Gasteiger partial charge is 0.191 e. The highest BCUT2D eigenvalue weighted by Crippen LogP contribution is 2.23. The lowest BCUT2D eigenvalue weighted by Crippen LogP contribution is -2.10. The Balaban J connectivity index is 1.47. The zero-order valence-corrected chi connectivity index (χ0v) is 18.1. The Labute approximate surface area is 178 Å². The number of para-hydroxylation sites is 1. The zero-order valence-electron chi connectivity index (χ0n) is 16.5. The van der Waals surface area contributed by atoms with Crippen LogP contribution in [0.25, 0.3) is 10.9 Å². The van der Waals surface area contributed by atoms with Crippen LogP contribution in [0.1, 0.15) is 21.7 Å². The molecule has 0 saturated carbocycles. The minimum Gasteiger partial charge on any atom is -0.360 e. The van der Waals surface area contributed by atoms with E-state index < -0.39 is 9.84 Å². The minimum atomic E-state index is -3.53. The first-order chi connectivity index (χ1) is 14.3. The van der Waals surface area contributed by atoms with E-state index in [-0.39, 0.29) is 22.2 Å². The summed E-state index contributed by atoms with van der Waals surface area (Å²) in [6.07, 6.45) is 1.71. The Hall–Kier alpha value is -2.91. The van der Waals surface area contributed by atoms with Gasteiger partial charge in [0.25, 0.3) is 0 Å². The Morgan fingerprint density at radius 3 is 2.60 bits per heavy atom. The molecule has 2 aromatic heterocycles. The van der Waals surface area contributed by atoms with Crippen molar-refractivity contribution in [3.05, 3.63) is 71.7 Å². The van der Waals surface area contributed by atoms with E-state index in [4.69, 9.17) is 0 Å². The predicted molar refractivity (Wildman–Crippen MR) is 116 cm³/mol. The first kappa shape index (κ1) is 20.4. The van der Waals surface area contributed by atoms with E-state index in [1.165, 1.54) is 11.8 Å². The van der Waals surface area contributed by atoms with Crippen molar-refractivity contribution in [3.8, 4) is 0 Å². The van der Waals surface area contributed by atoms with Gasteiger partial charge in [0.15, 0.2) is 20.8 Å². The number of Topliss-reactive ketones (excluding diaryl/α,β-unsaturated/α-hetero) is 1. The molecule has 4 aromatic rings. The summed E-state index contributed by atoms with van der Waals surface area (Å²) >= 11 is 1.24. The highest BCUT2D eigenvalue weighted by Gasteiger charge is 2.21. The van der Waals surface area contributed by atoms with Crippen LogP contribution < -0.4 is 0 Å². The number of aromatic amines is 1. The Bertz CT molecular complexity index is 1320. The molecule has 0 atom stereocenters. The van der Waals surface area contributed by atoms with Gasteiger partial charge in [0.05, 0.1) is 10.6 Å². The molecule has 30 heavy (non-hydrogen) atoms. The van der Waals surface area contributed by atoms with Gasteiger partial charge in [-0.15, -0.1) is 10.2 Å². The number of aryl methyl sites for hydroxylation is 1. The summed E-state index contributed by atoms with van der Waals surface area (Å²) in [6, 6.07) is 14.3. The van der Waals surface area contributed by atoms with Gasteiger partial charge in [-0.05, 0) is 25.1 Å². The van der Waals surface area contributed by atoms with Crippen molar-refractivity contribution in [1.82, 2.24) is 19.7 Å². The molecule has 0 fully saturated rings. The molecule has 0 radical (unpaired) electrons. The lowest BCUT2D eigenvalue weighted by Gasteiger charge is -2.06. The van der Waals surface area contributed by atoms with Gasteiger partial charge < -0.3 is 9.55 Å². The van der Waals surface area contributed by atoms with Crippen molar-refractivity contribution in [2.45, 2.75) is 22.7 Å². The molecular weight excluding hydrogens is 420 g/mol. The molecule has 0 bridgehead atoms. The van der Waals surface area contributed by atoms with E-state index in [1.807, 2.05) is 31.2 Å². The molecule has 7 nitrogen and oxygen atoms in total. The van der Waals surface area contributed by atoms with Gasteiger partial charge in [0, 0.05) is 29.7 Å². The number of H-pyrrole nitrogens is 1. The first-order valence-corrected chi connectivity index (χ1v) is 11.9. The zero-order chi connectivity index (χ0) is 21.3. The number of sulfone groups is 1. The van der Waals surface area contributed by atoms with Crippen LogP contribution in [-0.2, 0) is 22.6 Å². The van der Waals surface area contributed by atoms with Crippen LogP contribution in [0.5, 0.6) is 0 Å². The molecule has 1 N–H and O–H groups in total. The summed E-state index contributed by atoms with van der Waals surface area (Å²) in [5.74, 6) is 0.224. The number of nitrogens with one attached hydrogen (secondary N) is 1. The van der Waals surface area contributed by atoms with Crippen LogP contribution in [0.3, 0.4) is 0 Å². The maximum absolute atomic E-state index is 12.7. The van der Waals surface area contributed by atoms with Gasteiger partial charge in [-0.3, -0.25) is 4.79 Å². The largest absolute Gasteiger partial charge is 0.360 e. The summed E-state index contributed by atoms with van der Waals surface area (Å²) < 4.78 is 27.0. The third-order valence-electron chi connectivity index (χ3n) is 4.85. The number of hydrogen-bond acceptors (Lipinski definition) is 6. The minimum absolute atomic E-state index is 0.0331. The SMILES string of the molecule is Cc1ccc(S(=O)(=O)Cc2nnc(SCC(=O)c3c[nH]c4ccccc34)n2C)cc1. The third kappa shape index (κ3) is 4.03. The quantitative estimate of drug-likeness (QED) is 0.349. The average molecular weight is 441 g/mol. The number of carbonyl (C=O) groups excluding carboxylic acids is 1. The van der Waals surface area contributed by atoms with Crippen molar-refractivity contribution in [2.75, 3.05) is 5.75 Å². The van der Waals surface area contributed by atoms with Crippen LogP contribution in [0.2, 0.25) is 0 Å². The fourth-order valence-corrected chi connectivity index (χ4v) is 5.23. The van der Waals surface area contributed by atoms with E-state index in [0.29, 0.717) is 16.5 Å². The Morgan fingerprint density at radius 2 is 1.83 bits per heavy atom. The van der Waals surface area contributed by atoms with E-state index in [1.54, 1.807) is 42.1 Å². The normalized spacial score (nSPS) is 11.8. The van der Waals surface area contributed by atoms with Gasteiger partial charge in [-0.2, -0.15) is 0 Å². The lowest BCUT2D eigenvalue weighted by molar-refractivity contribution is 0.102. The second-order valence-corrected chi connectivity index (χ2v) is 9.92. The molecule has 4 rings (SSSR count). The molecular formula is C21H20N4O3S2. The van der Waals surface area contributed by atoms with E-state index in [9.17, 15) is 13.2 Å². The Morgan fingerprint density at radius 1 is 1.10 bits per heavy atom. The number of thioether (sulfide) groups is 1. The monoisotopic (exact) mass is 440 g/mol. The molecule has 0 aliphatic carbocycles. The van der Waals surface area contributed by atoms with E-state index >= 15 is 0 Å². The maximum Gasteiger partial charge on any atom is 0.191 e. The number of aromatic nitrogens is 4. The average Bonchev–Trinajstić information content (AvgIpc) is 3.30. The van der Waals surface area contributed by atoms with Crippen LogP contribution in [0, 0.1) is 6.92 Å². The molecule has 9 heteroatoms. The second-order valence-electron chi connectivity index (χ2n) is 6.99. The van der Waals surface area contributed by atoms with Crippen molar-refractivity contribution < 1.29 is 13.2 Å². The summed E-state index contributed by atoms with van der Waals surface area (Å²) in [5, 5.41) is 9.48. The number of benzene rings is 2. The van der Waals surface area contributed by atoms with Crippen molar-refractivity contribution in [1.29, 1.82) is 0 Å². The number of rotatable bonds is 7. The molecule has 0 saturated heterocycles. The number of fused-ring (bicyclic) bond motifs is 1. The number of hydrogen-bond donors (Lipinski definition) is 1. The van der Waals surface area contributed by atoms with Crippen LogP contribution in [0.4, 0.5) is 0 Å². The van der Waals surface area contributed by atoms with Gasteiger partial charge in [-0.1, -0.05) is 47.7 Å². The van der Waals surface area contributed by atoms with Gasteiger partial charge >= 0.3 is 0 Å². The van der Waals surface area contributed by atoms with E-state index in [0.717, 1.165) is 16.5 Å². The van der Waals surface area contributed by atoms with Crippen LogP contribution in [-0.4, -0.2) is 39.7 Å². The standard InChI is InChI=1S/C21H20N4O3S2/c1-14-7-9-15(10-8-14)30(27,28)13-20-23-24-21(25(20)2)29-12-19(26)17-11-22-18-6-4-3-5-16(17)18/h3-11,22H,12-13H2,1-2H3. The van der Waals surface area contributed by atoms with Crippen molar-refractivity contribution in [3.63, 3.8) is 0 Å². The molecule has 2 heterocycles. The highest BCUT2D eigenvalue weighted by molar-refractivity contribution is 7.99. The molecule has 0 unspecified atom stereocenters. The fourth-order valence-electron chi connectivity index (χ4n) is 3.11. The first-order valence-electron chi connectivity index (χ1n) is 9.25. The number of ketones is 1. The molecule has 154 valence electrons. The number of nitrogens with zero attached hydrogens (tertiary/aromatic N) is 3. The number of carbonyl (C=O) groups is 1. The van der Waals surface area contributed by atoms with Gasteiger partial charge in [0.2, 0.25) is 0 Å². The summed E-state index contributed by atoms with van der Waals surface area (Å²) in [5.41, 5.74) is 2.53. The lowest BCUT2D eigenvalue weighted by atomic mass is 10.1. The maximum atomic E-state index is 12.7. The van der Waals surface area contributed by atoms with Crippen molar-refractivity contribution in [2.24, 2.45) is 7.05 Å². The highest BCUT2D eigenvalue weighted by atomic mass is 32.2. The van der Waals surface area contributed by atoms with Gasteiger partial charge in [0.1, 0.15) is 11.6 Å². The predicted octanol–water partition coefficient (Wildman–Crippen LogP) is 3.55. The van der Waals surface area contributed by atoms with Crippen LogP contribution in [0.15, 0.2) is 64.8 Å². The van der Waals surface area contributed by atoms with E-state index in [2.05, 4.69) is 15.2 Å². The molecule has 0 aliphatic rings. The van der Waals surface area contributed by atoms with Gasteiger partial charge in [-0.25, -0.2) is 8.42 Å².